The number of non-ortho nitro benzene ring substituents is 1. The molecule has 0 aromatic heterocycles. The Morgan fingerprint density at radius 3 is 2.03 bits per heavy atom. The maximum absolute atomic E-state index is 12.8. The quantitative estimate of drug-likeness (QED) is 0.194. The zero-order valence-corrected chi connectivity index (χ0v) is 15.6. The Hall–Kier alpha value is -3.81. The third-order valence-corrected chi connectivity index (χ3v) is 6.09. The summed E-state index contributed by atoms with van der Waals surface area (Å²) in [5.74, 6) is -1.02. The van der Waals surface area contributed by atoms with Crippen molar-refractivity contribution < 1.29 is 24.0 Å². The van der Waals surface area contributed by atoms with Crippen molar-refractivity contribution >= 4 is 29.2 Å². The lowest BCUT2D eigenvalue weighted by Crippen LogP contribution is -2.32. The number of nitrogens with zero attached hydrogens (tertiary/aromatic N) is 2. The highest BCUT2D eigenvalue weighted by molar-refractivity contribution is 6.22. The van der Waals surface area contributed by atoms with Crippen molar-refractivity contribution in [3.05, 3.63) is 76.4 Å². The Morgan fingerprint density at radius 2 is 1.50 bits per heavy atom. The summed E-state index contributed by atoms with van der Waals surface area (Å²) >= 11 is 0. The van der Waals surface area contributed by atoms with E-state index in [1.807, 2.05) is 12.2 Å². The van der Waals surface area contributed by atoms with Crippen LogP contribution in [0.5, 0.6) is 5.75 Å². The Balaban J connectivity index is 1.30. The number of nitro benzene ring substituents is 1. The van der Waals surface area contributed by atoms with Gasteiger partial charge in [-0.25, -0.2) is 4.79 Å². The van der Waals surface area contributed by atoms with Gasteiger partial charge in [0, 0.05) is 12.1 Å². The van der Waals surface area contributed by atoms with Crippen LogP contribution in [0.3, 0.4) is 0 Å². The zero-order valence-electron chi connectivity index (χ0n) is 15.6. The summed E-state index contributed by atoms with van der Waals surface area (Å²) in [6.45, 7) is 0. The number of esters is 1. The van der Waals surface area contributed by atoms with Crippen molar-refractivity contribution in [3.63, 3.8) is 0 Å². The van der Waals surface area contributed by atoms with Gasteiger partial charge < -0.3 is 4.74 Å². The van der Waals surface area contributed by atoms with E-state index in [4.69, 9.17) is 4.74 Å². The molecule has 1 saturated heterocycles. The molecule has 2 fully saturated rings. The molecule has 5 rings (SSSR count). The van der Waals surface area contributed by atoms with Crippen LogP contribution in [-0.4, -0.2) is 22.7 Å². The summed E-state index contributed by atoms with van der Waals surface area (Å²) in [5.41, 5.74) is 0.503. The van der Waals surface area contributed by atoms with E-state index in [-0.39, 0.29) is 52.5 Å². The second-order valence-corrected chi connectivity index (χ2v) is 7.70. The first-order chi connectivity index (χ1) is 14.4. The summed E-state index contributed by atoms with van der Waals surface area (Å²) in [5, 5.41) is 10.7. The molecule has 2 aromatic carbocycles. The molecular formula is C22H16N2O6. The molecule has 2 aliphatic carbocycles. The Kier molecular flexibility index (Phi) is 4.02. The number of hydrogen-bond acceptors (Lipinski definition) is 6. The second-order valence-electron chi connectivity index (χ2n) is 7.70. The molecule has 0 spiro atoms. The average Bonchev–Trinajstić information content (AvgIpc) is 3.43. The van der Waals surface area contributed by atoms with E-state index in [0.29, 0.717) is 5.69 Å². The van der Waals surface area contributed by atoms with Crippen LogP contribution >= 0.6 is 0 Å². The van der Waals surface area contributed by atoms with Crippen LogP contribution in [0.15, 0.2) is 60.7 Å². The summed E-state index contributed by atoms with van der Waals surface area (Å²) in [4.78, 5) is 49.3. The molecule has 1 heterocycles. The number of amides is 2. The van der Waals surface area contributed by atoms with Crippen LogP contribution in [0.1, 0.15) is 16.8 Å². The van der Waals surface area contributed by atoms with Gasteiger partial charge in [0.2, 0.25) is 11.8 Å². The van der Waals surface area contributed by atoms with Crippen LogP contribution in [0.25, 0.3) is 0 Å². The standard InChI is InChI=1S/C22H16N2O6/c25-20-18-13-1-2-14(11-13)19(18)21(26)23(20)15-7-9-17(10-8-15)30-22(27)12-3-5-16(6-4-12)24(28)29/h1-10,13-14,18-19H,11H2/t13-,14-,18-,19+/m0/s1. The van der Waals surface area contributed by atoms with Crippen molar-refractivity contribution in [3.8, 4) is 5.75 Å². The molecular weight excluding hydrogens is 388 g/mol. The summed E-state index contributed by atoms with van der Waals surface area (Å²) in [7, 11) is 0. The number of nitro groups is 1. The van der Waals surface area contributed by atoms with Crippen molar-refractivity contribution in [2.24, 2.45) is 23.7 Å². The van der Waals surface area contributed by atoms with Crippen LogP contribution < -0.4 is 9.64 Å². The smallest absolute Gasteiger partial charge is 0.343 e. The predicted molar refractivity (Wildman–Crippen MR) is 105 cm³/mol. The fraction of sp³-hybridized carbons (Fsp3) is 0.227. The molecule has 3 aliphatic rings. The van der Waals surface area contributed by atoms with Crippen LogP contribution in [0, 0.1) is 33.8 Å². The first-order valence-corrected chi connectivity index (χ1v) is 9.57. The van der Waals surface area contributed by atoms with Gasteiger partial charge in [-0.3, -0.25) is 24.6 Å². The van der Waals surface area contributed by atoms with Crippen molar-refractivity contribution in [1.29, 1.82) is 0 Å². The monoisotopic (exact) mass is 404 g/mol. The molecule has 30 heavy (non-hydrogen) atoms. The molecule has 8 nitrogen and oxygen atoms in total. The molecule has 2 amide bonds. The number of anilines is 1. The number of fused-ring (bicyclic) bond motifs is 5. The Morgan fingerprint density at radius 1 is 0.933 bits per heavy atom. The van der Waals surface area contributed by atoms with E-state index in [9.17, 15) is 24.5 Å². The SMILES string of the molecule is O=C(Oc1ccc(N2C(=O)[C@@H]3[C@H](C2=O)[C@H]2C=C[C@H]3C2)cc1)c1ccc([N+](=O)[O-])cc1. The first-order valence-electron chi connectivity index (χ1n) is 9.57. The lowest BCUT2D eigenvalue weighted by atomic mass is 9.85. The van der Waals surface area contributed by atoms with Crippen molar-refractivity contribution in [2.75, 3.05) is 4.90 Å². The molecule has 4 atom stereocenters. The van der Waals surface area contributed by atoms with E-state index in [1.165, 1.54) is 41.3 Å². The number of carbonyl (C=O) groups excluding carboxylic acids is 3. The normalized spacial score (nSPS) is 26.2. The molecule has 0 N–H and O–H groups in total. The third-order valence-electron chi connectivity index (χ3n) is 6.09. The lowest BCUT2D eigenvalue weighted by Gasteiger charge is -2.17. The minimum atomic E-state index is -0.664. The van der Waals surface area contributed by atoms with Gasteiger partial charge in [0.15, 0.2) is 0 Å². The molecule has 0 radical (unpaired) electrons. The minimum Gasteiger partial charge on any atom is -0.423 e. The van der Waals surface area contributed by atoms with Gasteiger partial charge in [0.25, 0.3) is 5.69 Å². The molecule has 2 aromatic rings. The number of carbonyl (C=O) groups is 3. The maximum Gasteiger partial charge on any atom is 0.343 e. The number of rotatable bonds is 4. The van der Waals surface area contributed by atoms with Crippen molar-refractivity contribution in [1.82, 2.24) is 0 Å². The van der Waals surface area contributed by atoms with E-state index < -0.39 is 10.9 Å². The van der Waals surface area contributed by atoms with E-state index >= 15 is 0 Å². The third kappa shape index (κ3) is 2.72. The summed E-state index contributed by atoms with van der Waals surface area (Å²) in [6, 6.07) is 11.3. The van der Waals surface area contributed by atoms with Crippen LogP contribution in [0.2, 0.25) is 0 Å². The number of imide groups is 1. The number of benzene rings is 2. The van der Waals surface area contributed by atoms with Gasteiger partial charge >= 0.3 is 5.97 Å². The van der Waals surface area contributed by atoms with E-state index in [1.54, 1.807) is 12.1 Å². The largest absolute Gasteiger partial charge is 0.423 e. The molecule has 0 unspecified atom stereocenters. The van der Waals surface area contributed by atoms with Gasteiger partial charge in [-0.05, 0) is 54.7 Å². The van der Waals surface area contributed by atoms with Gasteiger partial charge in [-0.2, -0.15) is 0 Å². The van der Waals surface area contributed by atoms with E-state index in [2.05, 4.69) is 0 Å². The lowest BCUT2D eigenvalue weighted by molar-refractivity contribution is -0.384. The molecule has 150 valence electrons. The average molecular weight is 404 g/mol. The van der Waals surface area contributed by atoms with E-state index in [0.717, 1.165) is 6.42 Å². The predicted octanol–water partition coefficient (Wildman–Crippen LogP) is 3.13. The Labute approximate surface area is 170 Å². The van der Waals surface area contributed by atoms with Crippen LogP contribution in [-0.2, 0) is 9.59 Å². The molecule has 2 bridgehead atoms. The molecule has 1 saturated carbocycles. The summed E-state index contributed by atoms with van der Waals surface area (Å²) < 4.78 is 5.28. The highest BCUT2D eigenvalue weighted by atomic mass is 16.6. The van der Waals surface area contributed by atoms with Crippen LogP contribution in [0.4, 0.5) is 11.4 Å². The second kappa shape index (κ2) is 6.62. The maximum atomic E-state index is 12.8. The number of allylic oxidation sites excluding steroid dienone is 2. The highest BCUT2D eigenvalue weighted by Gasteiger charge is 2.59. The van der Waals surface area contributed by atoms with Gasteiger partial charge in [-0.15, -0.1) is 0 Å². The highest BCUT2D eigenvalue weighted by Crippen LogP contribution is 2.53. The fourth-order valence-corrected chi connectivity index (χ4v) is 4.71. The number of ether oxygens (including phenoxy) is 1. The first kappa shape index (κ1) is 18.2. The van der Waals surface area contributed by atoms with Crippen molar-refractivity contribution in [2.45, 2.75) is 6.42 Å². The zero-order chi connectivity index (χ0) is 21.0. The van der Waals surface area contributed by atoms with Gasteiger partial charge in [0.1, 0.15) is 5.75 Å². The van der Waals surface area contributed by atoms with Gasteiger partial charge in [-0.1, -0.05) is 12.2 Å². The summed E-state index contributed by atoms with van der Waals surface area (Å²) in [6.07, 6.45) is 4.96. The fourth-order valence-electron chi connectivity index (χ4n) is 4.71. The minimum absolute atomic E-state index is 0.121. The molecule has 8 heteroatoms. The molecule has 1 aliphatic heterocycles. The topological polar surface area (TPSA) is 107 Å². The van der Waals surface area contributed by atoms with Gasteiger partial charge in [0.05, 0.1) is 28.0 Å². The number of hydrogen-bond donors (Lipinski definition) is 0. The Bertz CT molecular complexity index is 1080.